The minimum Gasteiger partial charge on any atom is -0.460 e. The Labute approximate surface area is 244 Å². The fourth-order valence-electron chi connectivity index (χ4n) is 5.00. The summed E-state index contributed by atoms with van der Waals surface area (Å²) in [6.45, 7) is 19.3. The molecule has 1 aliphatic rings. The van der Waals surface area contributed by atoms with Crippen LogP contribution in [0.5, 0.6) is 5.75 Å². The zero-order chi connectivity index (χ0) is 30.9. The summed E-state index contributed by atoms with van der Waals surface area (Å²) in [7, 11) is -8.65. The molecule has 0 radical (unpaired) electrons. The number of rotatable bonds is 12. The van der Waals surface area contributed by atoms with Crippen molar-refractivity contribution in [3.63, 3.8) is 0 Å². The van der Waals surface area contributed by atoms with Gasteiger partial charge in [0.2, 0.25) is 11.1 Å². The second-order valence-electron chi connectivity index (χ2n) is 12.0. The number of benzene rings is 2. The first-order valence-electron chi connectivity index (χ1n) is 14.2. The SMILES string of the molecule is CCOP(=O)(OCC)C(C1(c2ccc(F)cc2)Nc2cc(C(C)(C)C)cc(C(C)(C)C)c2O1)P(=O)(OCC)OCC. The van der Waals surface area contributed by atoms with Gasteiger partial charge in [-0.15, -0.1) is 0 Å². The normalized spacial score (nSPS) is 17.9. The Morgan fingerprint density at radius 2 is 1.27 bits per heavy atom. The molecule has 0 aliphatic carbocycles. The predicted molar refractivity (Wildman–Crippen MR) is 162 cm³/mol. The minimum absolute atomic E-state index is 0.000112. The highest BCUT2D eigenvalue weighted by atomic mass is 31.2. The van der Waals surface area contributed by atoms with Crippen molar-refractivity contribution in [1.29, 1.82) is 0 Å². The van der Waals surface area contributed by atoms with Gasteiger partial charge in [-0.25, -0.2) is 4.39 Å². The molecule has 8 nitrogen and oxygen atoms in total. The molecule has 1 N–H and O–H groups in total. The van der Waals surface area contributed by atoms with Crippen molar-refractivity contribution in [3.05, 3.63) is 58.9 Å². The highest BCUT2D eigenvalue weighted by molar-refractivity contribution is 7.72. The molecule has 0 bridgehead atoms. The van der Waals surface area contributed by atoms with Crippen LogP contribution in [-0.2, 0) is 43.8 Å². The highest BCUT2D eigenvalue weighted by Gasteiger charge is 2.67. The first-order chi connectivity index (χ1) is 19.0. The van der Waals surface area contributed by atoms with E-state index < -0.39 is 32.1 Å². The average molecular weight is 614 g/mol. The van der Waals surface area contributed by atoms with Crippen molar-refractivity contribution in [2.24, 2.45) is 0 Å². The summed E-state index contributed by atoms with van der Waals surface area (Å²) >= 11 is 0. The molecule has 2 aromatic carbocycles. The zero-order valence-electron chi connectivity index (χ0n) is 26.0. The lowest BCUT2D eigenvalue weighted by Gasteiger charge is -2.42. The largest absolute Gasteiger partial charge is 0.460 e. The van der Waals surface area contributed by atoms with E-state index in [9.17, 15) is 13.5 Å². The Kier molecular flexibility index (Phi) is 10.3. The lowest BCUT2D eigenvalue weighted by molar-refractivity contribution is 0.0935. The van der Waals surface area contributed by atoms with Gasteiger partial charge < -0.3 is 28.1 Å². The maximum atomic E-state index is 14.8. The fourth-order valence-corrected chi connectivity index (χ4v) is 10.8. The van der Waals surface area contributed by atoms with Crippen molar-refractivity contribution in [2.45, 2.75) is 91.2 Å². The van der Waals surface area contributed by atoms with E-state index in [-0.39, 0.29) is 37.3 Å². The predicted octanol–water partition coefficient (Wildman–Crippen LogP) is 8.94. The third-order valence-corrected chi connectivity index (χ3v) is 12.9. The van der Waals surface area contributed by atoms with Gasteiger partial charge in [0.25, 0.3) is 0 Å². The minimum atomic E-state index is -4.33. The van der Waals surface area contributed by atoms with Gasteiger partial charge in [0.1, 0.15) is 11.6 Å². The molecule has 0 spiro atoms. The lowest BCUT2D eigenvalue weighted by atomic mass is 9.80. The van der Waals surface area contributed by atoms with Crippen LogP contribution in [0, 0.1) is 5.82 Å². The van der Waals surface area contributed by atoms with E-state index in [1.165, 1.54) is 24.3 Å². The van der Waals surface area contributed by atoms with Crippen molar-refractivity contribution in [1.82, 2.24) is 0 Å². The van der Waals surface area contributed by atoms with Crippen LogP contribution in [0.1, 0.15) is 85.9 Å². The summed E-state index contributed by atoms with van der Waals surface area (Å²) in [5, 5.41) is 1.83. The summed E-state index contributed by atoms with van der Waals surface area (Å²) < 4.78 is 74.1. The van der Waals surface area contributed by atoms with Crippen molar-refractivity contribution >= 4 is 20.9 Å². The Bertz CT molecular complexity index is 1250. The van der Waals surface area contributed by atoms with Gasteiger partial charge in [0.05, 0.1) is 32.1 Å². The van der Waals surface area contributed by atoms with Crippen LogP contribution >= 0.6 is 15.2 Å². The molecule has 2 aromatic rings. The molecule has 0 saturated carbocycles. The Morgan fingerprint density at radius 3 is 1.66 bits per heavy atom. The van der Waals surface area contributed by atoms with E-state index in [1.54, 1.807) is 27.7 Å². The highest BCUT2D eigenvalue weighted by Crippen LogP contribution is 2.76. The lowest BCUT2D eigenvalue weighted by Crippen LogP contribution is -2.49. The number of hydrogen-bond donors (Lipinski definition) is 1. The number of ether oxygens (including phenoxy) is 1. The Morgan fingerprint density at radius 1 is 0.805 bits per heavy atom. The average Bonchev–Trinajstić information content (AvgIpc) is 3.22. The van der Waals surface area contributed by atoms with Crippen molar-refractivity contribution in [3.8, 4) is 5.75 Å². The molecule has 0 saturated heterocycles. The summed E-state index contributed by atoms with van der Waals surface area (Å²) in [6.07, 6.45) is 0. The molecule has 41 heavy (non-hydrogen) atoms. The van der Waals surface area contributed by atoms with E-state index in [4.69, 9.17) is 22.8 Å². The summed E-state index contributed by atoms with van der Waals surface area (Å²) in [4.78, 5) is 0. The molecular weight excluding hydrogens is 567 g/mol. The monoisotopic (exact) mass is 613 g/mol. The quantitative estimate of drug-likeness (QED) is 0.237. The van der Waals surface area contributed by atoms with Crippen molar-refractivity contribution < 1.29 is 36.4 Å². The maximum Gasteiger partial charge on any atom is 0.352 e. The second-order valence-corrected chi connectivity index (χ2v) is 16.6. The van der Waals surface area contributed by atoms with Crippen LogP contribution in [0.3, 0.4) is 0 Å². The molecule has 1 aliphatic heterocycles. The number of anilines is 1. The summed E-state index contributed by atoms with van der Waals surface area (Å²) in [5.41, 5.74) is 0.475. The molecule has 0 amide bonds. The standard InChI is InChI=1S/C30H46FNO7P2/c1-11-35-40(33,36-12-2)27(41(34,37-13-3)38-14-4)30(21-15-17-23(31)18-16-21)32-25-20-22(28(5,6)7)19-24(26(25)39-30)29(8,9)10/h15-20,27,32H,11-14H2,1-10H3. The topological polar surface area (TPSA) is 92.3 Å². The number of hydrogen-bond acceptors (Lipinski definition) is 8. The van der Waals surface area contributed by atoms with Crippen LogP contribution in [-0.4, -0.2) is 31.8 Å². The second kappa shape index (κ2) is 12.5. The Hall–Kier alpha value is -1.73. The smallest absolute Gasteiger partial charge is 0.352 e. The van der Waals surface area contributed by atoms with E-state index in [2.05, 4.69) is 52.9 Å². The third kappa shape index (κ3) is 6.76. The molecule has 1 atom stereocenters. The first kappa shape index (κ1) is 33.8. The van der Waals surface area contributed by atoms with Crippen LogP contribution in [0.15, 0.2) is 36.4 Å². The van der Waals surface area contributed by atoms with E-state index in [1.807, 2.05) is 6.07 Å². The number of halogens is 1. The van der Waals surface area contributed by atoms with Crippen LogP contribution in [0.4, 0.5) is 10.1 Å². The molecule has 0 aromatic heterocycles. The van der Waals surface area contributed by atoms with Crippen LogP contribution in [0.2, 0.25) is 0 Å². The van der Waals surface area contributed by atoms with E-state index >= 15 is 0 Å². The molecule has 0 fully saturated rings. The van der Waals surface area contributed by atoms with E-state index in [0.717, 1.165) is 11.1 Å². The first-order valence-corrected chi connectivity index (χ1v) is 17.4. The molecule has 11 heteroatoms. The van der Waals surface area contributed by atoms with Gasteiger partial charge in [-0.1, -0.05) is 59.7 Å². The van der Waals surface area contributed by atoms with Crippen LogP contribution in [0.25, 0.3) is 0 Å². The number of fused-ring (bicyclic) bond motifs is 1. The zero-order valence-corrected chi connectivity index (χ0v) is 27.8. The molecule has 1 heterocycles. The van der Waals surface area contributed by atoms with Gasteiger partial charge in [-0.2, -0.15) is 0 Å². The Balaban J connectivity index is 2.49. The summed E-state index contributed by atoms with van der Waals surface area (Å²) in [5.74, 6) is 0.0240. The third-order valence-electron chi connectivity index (χ3n) is 6.82. The fraction of sp³-hybridized carbons (Fsp3) is 0.600. The molecular formula is C30H46FNO7P2. The van der Waals surface area contributed by atoms with Gasteiger partial charge >= 0.3 is 15.2 Å². The van der Waals surface area contributed by atoms with Crippen molar-refractivity contribution in [2.75, 3.05) is 31.7 Å². The molecule has 1 unspecified atom stereocenters. The van der Waals surface area contributed by atoms with Gasteiger partial charge in [0.15, 0.2) is 0 Å². The van der Waals surface area contributed by atoms with E-state index in [0.29, 0.717) is 17.0 Å². The van der Waals surface area contributed by atoms with Crippen LogP contribution < -0.4 is 10.1 Å². The summed E-state index contributed by atoms with van der Waals surface area (Å²) in [6, 6.07) is 9.63. The van der Waals surface area contributed by atoms with Gasteiger partial charge in [-0.05, 0) is 62.3 Å². The molecule has 230 valence electrons. The number of nitrogens with one attached hydrogen (secondary N) is 1. The van der Waals surface area contributed by atoms with Gasteiger partial charge in [-0.3, -0.25) is 9.13 Å². The van der Waals surface area contributed by atoms with Gasteiger partial charge in [0, 0.05) is 11.1 Å². The molecule has 3 rings (SSSR count). The maximum absolute atomic E-state index is 14.8.